The first-order valence-electron chi connectivity index (χ1n) is 6.83. The predicted molar refractivity (Wildman–Crippen MR) is 79.5 cm³/mol. The highest BCUT2D eigenvalue weighted by molar-refractivity contribution is 5.84. The van der Waals surface area contributed by atoms with Crippen LogP contribution < -0.4 is 5.32 Å². The van der Waals surface area contributed by atoms with E-state index in [4.69, 9.17) is 5.11 Å². The minimum absolute atomic E-state index is 0.0652. The summed E-state index contributed by atoms with van der Waals surface area (Å²) in [4.78, 5) is 22.6. The summed E-state index contributed by atoms with van der Waals surface area (Å²) >= 11 is 0. The average Bonchev–Trinajstić information content (AvgIpc) is 2.86. The largest absolute Gasteiger partial charge is 0.476 e. The number of carboxylic acids is 1. The molecule has 2 N–H and O–H groups in total. The van der Waals surface area contributed by atoms with Gasteiger partial charge in [-0.3, -0.25) is 4.79 Å². The lowest BCUT2D eigenvalue weighted by molar-refractivity contribution is -0.122. The second kappa shape index (κ2) is 6.38. The number of rotatable bonds is 5. The Bertz CT molecular complexity index is 698. The maximum atomic E-state index is 11.9. The van der Waals surface area contributed by atoms with Crippen LogP contribution in [0.5, 0.6) is 0 Å². The normalized spacial score (nSPS) is 10.5. The van der Waals surface area contributed by atoms with E-state index in [9.17, 15) is 9.59 Å². The molecule has 2 rings (SSSR count). The molecule has 0 unspecified atom stereocenters. The molecule has 0 fully saturated rings. The summed E-state index contributed by atoms with van der Waals surface area (Å²) in [5, 5.41) is 18.6. The molecule has 1 aromatic heterocycles. The van der Waals surface area contributed by atoms with Gasteiger partial charge in [-0.2, -0.15) is 0 Å². The Labute approximate surface area is 128 Å². The monoisotopic (exact) mass is 302 g/mol. The zero-order chi connectivity index (χ0) is 16.3. The van der Waals surface area contributed by atoms with Gasteiger partial charge in [-0.05, 0) is 37.5 Å². The zero-order valence-corrected chi connectivity index (χ0v) is 12.8. The molecule has 0 saturated carbocycles. The van der Waals surface area contributed by atoms with Crippen LogP contribution in [0.3, 0.4) is 0 Å². The quantitative estimate of drug-likeness (QED) is 0.865. The molecule has 0 atom stereocenters. The average molecular weight is 302 g/mol. The molecule has 1 heterocycles. The van der Waals surface area contributed by atoms with Gasteiger partial charge in [0, 0.05) is 6.54 Å². The molecule has 0 saturated heterocycles. The number of carbonyl (C=O) groups excluding carboxylic acids is 1. The SMILES string of the molecule is Cc1cc(C)c(CNC(=O)Cn2cc(C(=O)O)nn2)c(C)c1. The van der Waals surface area contributed by atoms with Crippen LogP contribution in [0, 0.1) is 20.8 Å². The molecule has 0 radical (unpaired) electrons. The van der Waals surface area contributed by atoms with Gasteiger partial charge in [-0.1, -0.05) is 22.9 Å². The topological polar surface area (TPSA) is 97.1 Å². The number of aromatic nitrogens is 3. The Balaban J connectivity index is 1.97. The van der Waals surface area contributed by atoms with Crippen LogP contribution in [0.1, 0.15) is 32.7 Å². The molecule has 7 heteroatoms. The van der Waals surface area contributed by atoms with Crippen LogP contribution in [0.15, 0.2) is 18.3 Å². The highest BCUT2D eigenvalue weighted by Crippen LogP contribution is 2.15. The summed E-state index contributed by atoms with van der Waals surface area (Å²) in [5.74, 6) is -1.42. The number of hydrogen-bond donors (Lipinski definition) is 2. The molecular weight excluding hydrogens is 284 g/mol. The summed E-state index contributed by atoms with van der Waals surface area (Å²) in [5.41, 5.74) is 4.36. The van der Waals surface area contributed by atoms with E-state index in [-0.39, 0.29) is 18.1 Å². The third-order valence-corrected chi connectivity index (χ3v) is 3.37. The molecule has 0 aliphatic rings. The van der Waals surface area contributed by atoms with Gasteiger partial charge in [0.05, 0.1) is 6.20 Å². The van der Waals surface area contributed by atoms with Crippen LogP contribution in [-0.4, -0.2) is 32.0 Å². The van der Waals surface area contributed by atoms with E-state index in [1.165, 1.54) is 16.4 Å². The van der Waals surface area contributed by atoms with E-state index >= 15 is 0 Å². The summed E-state index contributed by atoms with van der Waals surface area (Å²) in [6.07, 6.45) is 1.23. The van der Waals surface area contributed by atoms with Crippen LogP contribution in [-0.2, 0) is 17.9 Å². The first-order chi connectivity index (χ1) is 10.4. The second-order valence-corrected chi connectivity index (χ2v) is 5.26. The number of carbonyl (C=O) groups is 2. The Morgan fingerprint density at radius 3 is 2.41 bits per heavy atom. The molecular formula is C15H18N4O3. The van der Waals surface area contributed by atoms with Crippen molar-refractivity contribution < 1.29 is 14.7 Å². The van der Waals surface area contributed by atoms with Crippen molar-refractivity contribution in [3.05, 3.63) is 46.3 Å². The minimum Gasteiger partial charge on any atom is -0.476 e. The van der Waals surface area contributed by atoms with Crippen LogP contribution in [0.2, 0.25) is 0 Å². The molecule has 1 aromatic carbocycles. The Kier molecular flexibility index (Phi) is 4.55. The number of aromatic carboxylic acids is 1. The maximum absolute atomic E-state index is 11.9. The van der Waals surface area contributed by atoms with Crippen LogP contribution >= 0.6 is 0 Å². The third-order valence-electron chi connectivity index (χ3n) is 3.37. The number of aryl methyl sites for hydroxylation is 3. The molecule has 116 valence electrons. The minimum atomic E-state index is -1.17. The summed E-state index contributed by atoms with van der Waals surface area (Å²) in [7, 11) is 0. The van der Waals surface area contributed by atoms with E-state index in [2.05, 4.69) is 27.8 Å². The van der Waals surface area contributed by atoms with Crippen molar-refractivity contribution in [1.29, 1.82) is 0 Å². The van der Waals surface area contributed by atoms with Gasteiger partial charge in [-0.15, -0.1) is 5.10 Å². The fourth-order valence-electron chi connectivity index (χ4n) is 2.35. The summed E-state index contributed by atoms with van der Waals surface area (Å²) < 4.78 is 1.20. The molecule has 0 bridgehead atoms. The molecule has 0 spiro atoms. The maximum Gasteiger partial charge on any atom is 0.358 e. The lowest BCUT2D eigenvalue weighted by Crippen LogP contribution is -2.28. The lowest BCUT2D eigenvalue weighted by atomic mass is 10.00. The summed E-state index contributed by atoms with van der Waals surface area (Å²) in [6.45, 7) is 6.42. The van der Waals surface area contributed by atoms with Crippen LogP contribution in [0.25, 0.3) is 0 Å². The summed E-state index contributed by atoms with van der Waals surface area (Å²) in [6, 6.07) is 4.15. The fraction of sp³-hybridized carbons (Fsp3) is 0.333. The number of nitrogens with zero attached hydrogens (tertiary/aromatic N) is 3. The molecule has 2 aromatic rings. The lowest BCUT2D eigenvalue weighted by Gasteiger charge is -2.12. The fourth-order valence-corrected chi connectivity index (χ4v) is 2.35. The smallest absolute Gasteiger partial charge is 0.358 e. The van der Waals surface area contributed by atoms with E-state index in [0.29, 0.717) is 6.54 Å². The molecule has 0 aliphatic heterocycles. The van der Waals surface area contributed by atoms with Crippen molar-refractivity contribution in [1.82, 2.24) is 20.3 Å². The van der Waals surface area contributed by atoms with Gasteiger partial charge in [0.25, 0.3) is 0 Å². The molecule has 1 amide bonds. The van der Waals surface area contributed by atoms with Gasteiger partial charge < -0.3 is 10.4 Å². The van der Waals surface area contributed by atoms with E-state index in [0.717, 1.165) is 16.7 Å². The number of carboxylic acid groups (broad SMARTS) is 1. The van der Waals surface area contributed by atoms with Crippen LogP contribution in [0.4, 0.5) is 0 Å². The van der Waals surface area contributed by atoms with E-state index < -0.39 is 5.97 Å². The standard InChI is InChI=1S/C15H18N4O3/c1-9-4-10(2)12(11(3)5-9)6-16-14(20)8-19-7-13(15(21)22)17-18-19/h4-5,7H,6,8H2,1-3H3,(H,16,20)(H,21,22). The number of benzene rings is 1. The van der Waals surface area contributed by atoms with Gasteiger partial charge >= 0.3 is 5.97 Å². The number of hydrogen-bond acceptors (Lipinski definition) is 4. The van der Waals surface area contributed by atoms with E-state index in [1.54, 1.807) is 0 Å². The second-order valence-electron chi connectivity index (χ2n) is 5.26. The molecule has 0 aliphatic carbocycles. The zero-order valence-electron chi connectivity index (χ0n) is 12.8. The van der Waals surface area contributed by atoms with Crippen molar-refractivity contribution in [3.63, 3.8) is 0 Å². The van der Waals surface area contributed by atoms with Gasteiger partial charge in [-0.25, -0.2) is 9.48 Å². The third kappa shape index (κ3) is 3.69. The van der Waals surface area contributed by atoms with Crippen molar-refractivity contribution in [2.75, 3.05) is 0 Å². The molecule has 7 nitrogen and oxygen atoms in total. The highest BCUT2D eigenvalue weighted by atomic mass is 16.4. The van der Waals surface area contributed by atoms with Crippen molar-refractivity contribution in [2.24, 2.45) is 0 Å². The number of nitrogens with one attached hydrogen (secondary N) is 1. The van der Waals surface area contributed by atoms with Crippen molar-refractivity contribution >= 4 is 11.9 Å². The first-order valence-corrected chi connectivity index (χ1v) is 6.83. The predicted octanol–water partition coefficient (Wildman–Crippen LogP) is 1.22. The van der Waals surface area contributed by atoms with Crippen molar-refractivity contribution in [3.8, 4) is 0 Å². The highest BCUT2D eigenvalue weighted by Gasteiger charge is 2.11. The Hall–Kier alpha value is -2.70. The van der Waals surface area contributed by atoms with Gasteiger partial charge in [0.15, 0.2) is 5.69 Å². The first kappa shape index (κ1) is 15.7. The molecule has 22 heavy (non-hydrogen) atoms. The Morgan fingerprint density at radius 1 is 1.23 bits per heavy atom. The Morgan fingerprint density at radius 2 is 1.86 bits per heavy atom. The number of amides is 1. The van der Waals surface area contributed by atoms with E-state index in [1.807, 2.05) is 20.8 Å². The van der Waals surface area contributed by atoms with Gasteiger partial charge in [0.2, 0.25) is 5.91 Å². The van der Waals surface area contributed by atoms with Gasteiger partial charge in [0.1, 0.15) is 6.54 Å². The van der Waals surface area contributed by atoms with Crippen molar-refractivity contribution in [2.45, 2.75) is 33.9 Å².